The van der Waals surface area contributed by atoms with Gasteiger partial charge in [0.1, 0.15) is 5.75 Å². The Morgan fingerprint density at radius 1 is 1.21 bits per heavy atom. The van der Waals surface area contributed by atoms with Crippen LogP contribution in [0.15, 0.2) is 42.5 Å². The number of hydrogen-bond donors (Lipinski definition) is 1. The third-order valence-corrected chi connectivity index (χ3v) is 5.59. The molecule has 28 heavy (non-hydrogen) atoms. The minimum atomic E-state index is -4.94. The lowest BCUT2D eigenvalue weighted by molar-refractivity contribution is -0.175. The fourth-order valence-corrected chi connectivity index (χ4v) is 4.16. The first-order valence-electron chi connectivity index (χ1n) is 8.96. The molecule has 2 aliphatic rings. The summed E-state index contributed by atoms with van der Waals surface area (Å²) in [6.07, 6.45) is -4.32. The number of benzene rings is 2. The van der Waals surface area contributed by atoms with Crippen LogP contribution >= 0.6 is 11.6 Å². The lowest BCUT2D eigenvalue weighted by atomic mass is 9.82. The number of halogens is 4. The lowest BCUT2D eigenvalue weighted by Gasteiger charge is -2.45. The normalized spacial score (nSPS) is 23.6. The van der Waals surface area contributed by atoms with Gasteiger partial charge in [0.05, 0.1) is 17.8 Å². The number of carbonyl (C=O) groups excluding carboxylic acids is 1. The summed E-state index contributed by atoms with van der Waals surface area (Å²) in [5.74, 6) is -0.949. The predicted octanol–water partition coefficient (Wildman–Crippen LogP) is 5.08. The molecule has 2 aromatic rings. The van der Waals surface area contributed by atoms with E-state index in [1.54, 1.807) is 30.3 Å². The standard InChI is InChI=1S/C20H18ClF3N2O2/c1-11-8-9-26-14-10-12(21)6-7-16(14)28-15-5-3-2-4-13(15)18(26)17(11)25-19(27)20(22,23)24/h2-7,10-11,17-18H,8-9H2,1H3,(H,25,27)/t11-,17+,18-/m1/s1. The molecular formula is C20H18ClF3N2O2. The zero-order valence-electron chi connectivity index (χ0n) is 15.0. The molecule has 0 unspecified atom stereocenters. The van der Waals surface area contributed by atoms with Gasteiger partial charge in [-0.2, -0.15) is 13.2 Å². The first kappa shape index (κ1) is 18.9. The summed E-state index contributed by atoms with van der Waals surface area (Å²) in [5.41, 5.74) is 1.43. The molecule has 2 heterocycles. The van der Waals surface area contributed by atoms with E-state index in [4.69, 9.17) is 16.3 Å². The Balaban J connectivity index is 1.84. The summed E-state index contributed by atoms with van der Waals surface area (Å²) in [6, 6.07) is 11.2. The molecular weight excluding hydrogens is 393 g/mol. The second-order valence-corrected chi connectivity index (χ2v) is 7.59. The Bertz CT molecular complexity index is 919. The Kier molecular flexibility index (Phi) is 4.65. The molecule has 0 bridgehead atoms. The Morgan fingerprint density at radius 3 is 2.71 bits per heavy atom. The zero-order valence-corrected chi connectivity index (χ0v) is 15.7. The van der Waals surface area contributed by atoms with Crippen molar-refractivity contribution in [2.75, 3.05) is 11.4 Å². The van der Waals surface area contributed by atoms with E-state index in [1.165, 1.54) is 0 Å². The highest BCUT2D eigenvalue weighted by Gasteiger charge is 2.46. The van der Waals surface area contributed by atoms with Crippen molar-refractivity contribution in [3.05, 3.63) is 53.1 Å². The van der Waals surface area contributed by atoms with Crippen LogP contribution in [0.3, 0.4) is 0 Å². The number of anilines is 1. The van der Waals surface area contributed by atoms with E-state index in [1.807, 2.05) is 24.0 Å². The van der Waals surface area contributed by atoms with Crippen molar-refractivity contribution in [3.8, 4) is 11.5 Å². The summed E-state index contributed by atoms with van der Waals surface area (Å²) in [5, 5.41) is 2.73. The maximum Gasteiger partial charge on any atom is 0.471 e. The quantitative estimate of drug-likeness (QED) is 0.712. The number of rotatable bonds is 1. The number of carbonyl (C=O) groups is 1. The molecule has 1 N–H and O–H groups in total. The SMILES string of the molecule is C[C@@H]1CCN2c3cc(Cl)ccc3Oc3ccccc3[C@@H]2[C@H]1NC(=O)C(F)(F)F. The van der Waals surface area contributed by atoms with E-state index in [-0.39, 0.29) is 5.92 Å². The Hall–Kier alpha value is -2.41. The summed E-state index contributed by atoms with van der Waals surface area (Å²) < 4.78 is 44.9. The molecule has 0 radical (unpaired) electrons. The molecule has 0 aromatic heterocycles. The van der Waals surface area contributed by atoms with Crippen LogP contribution in [0.5, 0.6) is 11.5 Å². The maximum absolute atomic E-state index is 13.0. The third-order valence-electron chi connectivity index (χ3n) is 5.36. The first-order chi connectivity index (χ1) is 13.3. The average Bonchev–Trinajstić information content (AvgIpc) is 2.77. The van der Waals surface area contributed by atoms with Gasteiger partial charge in [0.2, 0.25) is 0 Å². The second kappa shape index (κ2) is 6.88. The van der Waals surface area contributed by atoms with Gasteiger partial charge in [0, 0.05) is 17.1 Å². The Labute approximate surface area is 165 Å². The minimum Gasteiger partial charge on any atom is -0.455 e. The molecule has 0 spiro atoms. The van der Waals surface area contributed by atoms with Crippen LogP contribution in [0.25, 0.3) is 0 Å². The van der Waals surface area contributed by atoms with Gasteiger partial charge in [-0.3, -0.25) is 4.79 Å². The summed E-state index contributed by atoms with van der Waals surface area (Å²) in [7, 11) is 0. The highest BCUT2D eigenvalue weighted by Crippen LogP contribution is 2.49. The molecule has 1 amide bonds. The van der Waals surface area contributed by atoms with Gasteiger partial charge >= 0.3 is 12.1 Å². The number of fused-ring (bicyclic) bond motifs is 5. The van der Waals surface area contributed by atoms with Gasteiger partial charge in [-0.25, -0.2) is 0 Å². The van der Waals surface area contributed by atoms with Gasteiger partial charge < -0.3 is 15.0 Å². The molecule has 2 aromatic carbocycles. The van der Waals surface area contributed by atoms with Crippen LogP contribution in [0, 0.1) is 5.92 Å². The van der Waals surface area contributed by atoms with E-state index in [0.717, 1.165) is 5.56 Å². The number of piperidine rings is 1. The lowest BCUT2D eigenvalue weighted by Crippen LogP contribution is -2.56. The van der Waals surface area contributed by atoms with Gasteiger partial charge in [-0.1, -0.05) is 36.7 Å². The van der Waals surface area contributed by atoms with Crippen molar-refractivity contribution >= 4 is 23.2 Å². The molecule has 4 nitrogen and oxygen atoms in total. The van der Waals surface area contributed by atoms with Crippen molar-refractivity contribution in [3.63, 3.8) is 0 Å². The molecule has 148 valence electrons. The maximum atomic E-state index is 13.0. The monoisotopic (exact) mass is 410 g/mol. The predicted molar refractivity (Wildman–Crippen MR) is 99.8 cm³/mol. The number of nitrogens with one attached hydrogen (secondary N) is 1. The van der Waals surface area contributed by atoms with Gasteiger partial charge in [-0.05, 0) is 36.6 Å². The van der Waals surface area contributed by atoms with Crippen molar-refractivity contribution in [2.45, 2.75) is 31.6 Å². The second-order valence-electron chi connectivity index (χ2n) is 7.15. The molecule has 4 rings (SSSR count). The molecule has 1 saturated heterocycles. The van der Waals surface area contributed by atoms with Gasteiger partial charge in [0.25, 0.3) is 0 Å². The fraction of sp³-hybridized carbons (Fsp3) is 0.350. The van der Waals surface area contributed by atoms with E-state index in [2.05, 4.69) is 5.32 Å². The summed E-state index contributed by atoms with van der Waals surface area (Å²) in [4.78, 5) is 13.7. The molecule has 8 heteroatoms. The molecule has 0 saturated carbocycles. The van der Waals surface area contributed by atoms with Crippen molar-refractivity contribution in [1.82, 2.24) is 5.32 Å². The number of hydrogen-bond acceptors (Lipinski definition) is 3. The van der Waals surface area contributed by atoms with Crippen LogP contribution < -0.4 is 15.0 Å². The smallest absolute Gasteiger partial charge is 0.455 e. The van der Waals surface area contributed by atoms with Gasteiger partial charge in [-0.15, -0.1) is 0 Å². The first-order valence-corrected chi connectivity index (χ1v) is 9.34. The number of nitrogens with zero attached hydrogens (tertiary/aromatic N) is 1. The average molecular weight is 411 g/mol. The van der Waals surface area contributed by atoms with E-state index in [9.17, 15) is 18.0 Å². The largest absolute Gasteiger partial charge is 0.471 e. The van der Waals surface area contributed by atoms with Crippen LogP contribution in [0.2, 0.25) is 5.02 Å². The number of amides is 1. The van der Waals surface area contributed by atoms with Crippen LogP contribution in [0.4, 0.5) is 18.9 Å². The highest BCUT2D eigenvalue weighted by atomic mass is 35.5. The van der Waals surface area contributed by atoms with Crippen LogP contribution in [-0.4, -0.2) is 24.7 Å². The van der Waals surface area contributed by atoms with Crippen molar-refractivity contribution in [2.24, 2.45) is 5.92 Å². The van der Waals surface area contributed by atoms with E-state index >= 15 is 0 Å². The van der Waals surface area contributed by atoms with Crippen molar-refractivity contribution < 1.29 is 22.7 Å². The third kappa shape index (κ3) is 3.28. The van der Waals surface area contributed by atoms with Crippen molar-refractivity contribution in [1.29, 1.82) is 0 Å². The summed E-state index contributed by atoms with van der Waals surface area (Å²) >= 11 is 6.18. The topological polar surface area (TPSA) is 41.6 Å². The minimum absolute atomic E-state index is 0.152. The number of ether oxygens (including phenoxy) is 1. The fourth-order valence-electron chi connectivity index (χ4n) is 3.99. The van der Waals surface area contributed by atoms with E-state index in [0.29, 0.717) is 35.2 Å². The Morgan fingerprint density at radius 2 is 1.96 bits per heavy atom. The molecule has 3 atom stereocenters. The number of para-hydroxylation sites is 1. The zero-order chi connectivity index (χ0) is 20.1. The van der Waals surface area contributed by atoms with Crippen LogP contribution in [0.1, 0.15) is 24.9 Å². The van der Waals surface area contributed by atoms with E-state index < -0.39 is 24.2 Å². The molecule has 2 aliphatic heterocycles. The molecule has 1 fully saturated rings. The highest BCUT2D eigenvalue weighted by molar-refractivity contribution is 6.31. The summed E-state index contributed by atoms with van der Waals surface area (Å²) in [6.45, 7) is 2.46. The number of alkyl halides is 3. The van der Waals surface area contributed by atoms with Gasteiger partial charge in [0.15, 0.2) is 5.75 Å². The molecule has 0 aliphatic carbocycles. The van der Waals surface area contributed by atoms with Crippen LogP contribution in [-0.2, 0) is 4.79 Å².